The van der Waals surface area contributed by atoms with Crippen LogP contribution in [0.5, 0.6) is 11.5 Å². The third-order valence-corrected chi connectivity index (χ3v) is 14.8. The van der Waals surface area contributed by atoms with Gasteiger partial charge in [0.05, 0.1) is 12.7 Å². The van der Waals surface area contributed by atoms with E-state index in [-0.39, 0.29) is 45.7 Å². The molecule has 6 rings (SSSR count). The molecule has 4 saturated carbocycles. The standard InChI is InChI=1S/C39H56O6/c1-34(2)17-19-39(23-40)20-18-37(5)26(27(39)22-34)9-11-31-35(3)15-14-32(43)36(4,30(35)13-16-38(31,37)6)24-45-33(44)12-8-25-7-10-28(41)29(42)21-25/h7-10,12,21,27,30-32,40-43H,11,13-20,22-24H2,1-6H3/t27-,30+,31+,32-,35-,36-,37+,38+,39+/m0/s1. The zero-order valence-electron chi connectivity index (χ0n) is 28.4. The van der Waals surface area contributed by atoms with Crippen LogP contribution in [0.25, 0.3) is 6.08 Å². The van der Waals surface area contributed by atoms with E-state index in [1.807, 2.05) is 0 Å². The zero-order chi connectivity index (χ0) is 32.6. The second-order valence-electron chi connectivity index (χ2n) is 17.5. The number of aliphatic hydroxyl groups excluding tert-OH is 2. The van der Waals surface area contributed by atoms with Crippen LogP contribution in [-0.4, -0.2) is 45.7 Å². The van der Waals surface area contributed by atoms with Crippen LogP contribution >= 0.6 is 0 Å². The minimum absolute atomic E-state index is 0.00911. The molecule has 0 heterocycles. The Bertz CT molecular complexity index is 1400. The summed E-state index contributed by atoms with van der Waals surface area (Å²) in [6, 6.07) is 4.39. The van der Waals surface area contributed by atoms with Crippen molar-refractivity contribution in [3.8, 4) is 11.5 Å². The highest BCUT2D eigenvalue weighted by molar-refractivity contribution is 5.87. The first-order chi connectivity index (χ1) is 21.0. The lowest BCUT2D eigenvalue weighted by Crippen LogP contribution is -2.65. The molecule has 0 aromatic heterocycles. The Morgan fingerprint density at radius 3 is 2.38 bits per heavy atom. The number of esters is 1. The molecule has 0 radical (unpaired) electrons. The molecule has 4 N–H and O–H groups in total. The van der Waals surface area contributed by atoms with Gasteiger partial charge < -0.3 is 25.2 Å². The quantitative estimate of drug-likeness (QED) is 0.116. The predicted octanol–water partition coefficient (Wildman–Crippen LogP) is 7.79. The van der Waals surface area contributed by atoms with Gasteiger partial charge in [0.1, 0.15) is 0 Å². The van der Waals surface area contributed by atoms with Crippen molar-refractivity contribution in [2.45, 2.75) is 112 Å². The molecule has 6 nitrogen and oxygen atoms in total. The van der Waals surface area contributed by atoms with Gasteiger partial charge in [0, 0.05) is 23.5 Å². The summed E-state index contributed by atoms with van der Waals surface area (Å²) in [7, 11) is 0. The van der Waals surface area contributed by atoms with Crippen LogP contribution in [0.2, 0.25) is 0 Å². The Kier molecular flexibility index (Phi) is 7.88. The molecule has 45 heavy (non-hydrogen) atoms. The van der Waals surface area contributed by atoms with Gasteiger partial charge in [0.25, 0.3) is 0 Å². The van der Waals surface area contributed by atoms with Gasteiger partial charge in [-0.05, 0) is 127 Å². The molecule has 0 spiro atoms. The van der Waals surface area contributed by atoms with Crippen molar-refractivity contribution in [1.29, 1.82) is 0 Å². The van der Waals surface area contributed by atoms with E-state index >= 15 is 0 Å². The van der Waals surface area contributed by atoms with Gasteiger partial charge in [-0.15, -0.1) is 0 Å². The molecule has 5 aliphatic carbocycles. The summed E-state index contributed by atoms with van der Waals surface area (Å²) in [5, 5.41) is 41.6. The summed E-state index contributed by atoms with van der Waals surface area (Å²) in [5.74, 6) is 0.217. The lowest BCUT2D eigenvalue weighted by Gasteiger charge is -2.71. The molecular weight excluding hydrogens is 564 g/mol. The van der Waals surface area contributed by atoms with E-state index in [9.17, 15) is 25.2 Å². The van der Waals surface area contributed by atoms with Crippen LogP contribution in [0.3, 0.4) is 0 Å². The summed E-state index contributed by atoms with van der Waals surface area (Å²) < 4.78 is 5.86. The number of aromatic hydroxyl groups is 2. The van der Waals surface area contributed by atoms with Crippen LogP contribution in [-0.2, 0) is 9.53 Å². The monoisotopic (exact) mass is 620 g/mol. The van der Waals surface area contributed by atoms with E-state index in [1.54, 1.807) is 17.7 Å². The fraction of sp³-hybridized carbons (Fsp3) is 0.718. The average molecular weight is 621 g/mol. The number of phenolic OH excluding ortho intramolecular Hbond substituents is 2. The number of aliphatic hydroxyl groups is 2. The van der Waals surface area contributed by atoms with Crippen LogP contribution in [0.15, 0.2) is 35.9 Å². The van der Waals surface area contributed by atoms with Crippen LogP contribution in [0.4, 0.5) is 0 Å². The maximum absolute atomic E-state index is 12.9. The molecule has 1 aromatic carbocycles. The molecule has 9 atom stereocenters. The molecular formula is C39H56O6. The number of fused-ring (bicyclic) bond motifs is 7. The number of phenols is 2. The first kappa shape index (κ1) is 32.6. The second kappa shape index (κ2) is 10.9. The molecule has 0 aliphatic heterocycles. The first-order valence-electron chi connectivity index (χ1n) is 17.4. The van der Waals surface area contributed by atoms with Crippen molar-refractivity contribution >= 4 is 12.0 Å². The number of rotatable bonds is 5. The smallest absolute Gasteiger partial charge is 0.330 e. The van der Waals surface area contributed by atoms with Crippen LogP contribution in [0.1, 0.15) is 111 Å². The minimum atomic E-state index is -0.550. The Morgan fingerprint density at radius 1 is 0.933 bits per heavy atom. The number of allylic oxidation sites excluding steroid dienone is 2. The molecule has 4 fully saturated rings. The molecule has 1 aromatic rings. The fourth-order valence-corrected chi connectivity index (χ4v) is 11.7. The van der Waals surface area contributed by atoms with E-state index in [2.05, 4.69) is 47.6 Å². The normalized spacial score (nSPS) is 43.8. The molecule has 5 aliphatic rings. The first-order valence-corrected chi connectivity index (χ1v) is 17.4. The fourth-order valence-electron chi connectivity index (χ4n) is 11.7. The van der Waals surface area contributed by atoms with Gasteiger partial charge in [-0.25, -0.2) is 4.79 Å². The average Bonchev–Trinajstić information content (AvgIpc) is 2.99. The third-order valence-electron chi connectivity index (χ3n) is 14.8. The van der Waals surface area contributed by atoms with Crippen LogP contribution < -0.4 is 0 Å². The summed E-state index contributed by atoms with van der Waals surface area (Å²) >= 11 is 0. The van der Waals surface area contributed by atoms with Crippen molar-refractivity contribution < 1.29 is 30.0 Å². The molecule has 248 valence electrons. The Labute approximate surface area is 270 Å². The number of ether oxygens (including phenoxy) is 1. The van der Waals surface area contributed by atoms with Crippen molar-refractivity contribution in [2.24, 2.45) is 50.2 Å². The molecule has 6 heteroatoms. The number of hydrogen-bond donors (Lipinski definition) is 4. The largest absolute Gasteiger partial charge is 0.504 e. The van der Waals surface area contributed by atoms with Crippen LogP contribution in [0, 0.1) is 50.2 Å². The predicted molar refractivity (Wildman–Crippen MR) is 176 cm³/mol. The Morgan fingerprint density at radius 2 is 1.67 bits per heavy atom. The summed E-state index contributed by atoms with van der Waals surface area (Å²) in [6.07, 6.45) is 15.5. The van der Waals surface area contributed by atoms with E-state index < -0.39 is 17.5 Å². The van der Waals surface area contributed by atoms with E-state index in [0.717, 1.165) is 51.4 Å². The van der Waals surface area contributed by atoms with Gasteiger partial charge >= 0.3 is 5.97 Å². The lowest BCUT2D eigenvalue weighted by molar-refractivity contribution is -0.219. The Hall–Kier alpha value is -2.31. The number of hydrogen-bond acceptors (Lipinski definition) is 6. The van der Waals surface area contributed by atoms with E-state index in [4.69, 9.17) is 4.74 Å². The second-order valence-corrected chi connectivity index (χ2v) is 17.5. The van der Waals surface area contributed by atoms with Gasteiger partial charge in [-0.2, -0.15) is 0 Å². The SMILES string of the molecule is CC1(C)CC[C@]2(CO)CC[C@]3(C)C(=CC[C@@H]4[C@@]5(C)CC[C@H](O)[C@@](C)(COC(=O)C=Cc6ccc(O)c(O)c6)[C@@H]5CC[C@]43C)[C@@H]2C1. The lowest BCUT2D eigenvalue weighted by atomic mass is 9.33. The number of carbonyl (C=O) groups excluding carboxylic acids is 1. The third kappa shape index (κ3) is 4.91. The van der Waals surface area contributed by atoms with Gasteiger partial charge in [-0.1, -0.05) is 59.3 Å². The number of benzene rings is 1. The molecule has 0 bridgehead atoms. The molecule has 0 amide bonds. The van der Waals surface area contributed by atoms with Crippen molar-refractivity contribution in [1.82, 2.24) is 0 Å². The van der Waals surface area contributed by atoms with Crippen molar-refractivity contribution in [3.05, 3.63) is 41.5 Å². The van der Waals surface area contributed by atoms with Gasteiger partial charge in [0.15, 0.2) is 11.5 Å². The van der Waals surface area contributed by atoms with E-state index in [0.29, 0.717) is 35.8 Å². The molecule has 0 saturated heterocycles. The maximum atomic E-state index is 12.9. The highest BCUT2D eigenvalue weighted by Crippen LogP contribution is 2.75. The van der Waals surface area contributed by atoms with E-state index in [1.165, 1.54) is 24.6 Å². The molecule has 0 unspecified atom stereocenters. The Balaban J connectivity index is 1.25. The zero-order valence-corrected chi connectivity index (χ0v) is 28.4. The number of carbonyl (C=O) groups is 1. The minimum Gasteiger partial charge on any atom is -0.504 e. The summed E-state index contributed by atoms with van der Waals surface area (Å²) in [6.45, 7) is 15.0. The van der Waals surface area contributed by atoms with Gasteiger partial charge in [-0.3, -0.25) is 0 Å². The van der Waals surface area contributed by atoms with Gasteiger partial charge in [0.2, 0.25) is 0 Å². The highest BCUT2D eigenvalue weighted by Gasteiger charge is 2.68. The summed E-state index contributed by atoms with van der Waals surface area (Å²) in [5.41, 5.74) is 2.22. The van der Waals surface area contributed by atoms with Crippen molar-refractivity contribution in [2.75, 3.05) is 13.2 Å². The summed E-state index contributed by atoms with van der Waals surface area (Å²) in [4.78, 5) is 12.9. The highest BCUT2D eigenvalue weighted by atomic mass is 16.5. The topological polar surface area (TPSA) is 107 Å². The maximum Gasteiger partial charge on any atom is 0.330 e. The van der Waals surface area contributed by atoms with Crippen molar-refractivity contribution in [3.63, 3.8) is 0 Å².